The van der Waals surface area contributed by atoms with Crippen molar-refractivity contribution < 1.29 is 14.3 Å². The minimum absolute atomic E-state index is 0.00346. The van der Waals surface area contributed by atoms with Gasteiger partial charge in [0.15, 0.2) is 0 Å². The molecule has 0 fully saturated rings. The van der Waals surface area contributed by atoms with Crippen LogP contribution >= 0.6 is 15.9 Å². The Morgan fingerprint density at radius 2 is 2.12 bits per heavy atom. The number of carboxylic acids is 1. The Morgan fingerprint density at radius 1 is 1.50 bits per heavy atom. The van der Waals surface area contributed by atoms with E-state index in [-0.39, 0.29) is 6.04 Å². The van der Waals surface area contributed by atoms with Crippen molar-refractivity contribution >= 4 is 21.9 Å². The summed E-state index contributed by atoms with van der Waals surface area (Å²) >= 11 is 3.22. The van der Waals surface area contributed by atoms with Gasteiger partial charge in [-0.15, -0.1) is 0 Å². The van der Waals surface area contributed by atoms with E-state index in [2.05, 4.69) is 21.2 Å². The van der Waals surface area contributed by atoms with Crippen LogP contribution in [-0.4, -0.2) is 17.1 Å². The monoisotopic (exact) mass is 289 g/mol. The van der Waals surface area contributed by atoms with Gasteiger partial charge in [-0.05, 0) is 37.6 Å². The molecular weight excluding hydrogens is 277 g/mol. The van der Waals surface area contributed by atoms with Gasteiger partial charge < -0.3 is 5.11 Å². The summed E-state index contributed by atoms with van der Waals surface area (Å²) in [5.41, 5.74) is 0.390. The predicted molar refractivity (Wildman–Crippen MR) is 62.7 cm³/mol. The lowest BCUT2D eigenvalue weighted by atomic mass is 10.1. The lowest BCUT2D eigenvalue weighted by Crippen LogP contribution is -2.33. The topological polar surface area (TPSA) is 49.3 Å². The zero-order valence-electron chi connectivity index (χ0n) is 9.00. The lowest BCUT2D eigenvalue weighted by Gasteiger charge is -2.18. The van der Waals surface area contributed by atoms with Gasteiger partial charge in [-0.1, -0.05) is 15.9 Å². The van der Waals surface area contributed by atoms with Crippen molar-refractivity contribution in [2.45, 2.75) is 25.9 Å². The standard InChI is InChI=1S/C11H13BrFNO2/c1-6(2)14-10(11(15)16)8-5-7(13)3-4-9(8)12/h3-6,10,14H,1-2H3,(H,15,16). The molecule has 2 N–H and O–H groups in total. The highest BCUT2D eigenvalue weighted by atomic mass is 79.9. The third-order valence-corrected chi connectivity index (χ3v) is 2.74. The first-order chi connectivity index (χ1) is 7.41. The maximum atomic E-state index is 13.1. The Balaban J connectivity index is 3.10. The Hall–Kier alpha value is -0.940. The van der Waals surface area contributed by atoms with E-state index in [1.165, 1.54) is 18.2 Å². The second-order valence-electron chi connectivity index (χ2n) is 3.76. The van der Waals surface area contributed by atoms with Gasteiger partial charge in [0.05, 0.1) is 0 Å². The van der Waals surface area contributed by atoms with E-state index in [9.17, 15) is 9.18 Å². The van der Waals surface area contributed by atoms with Crippen LogP contribution in [0.4, 0.5) is 4.39 Å². The van der Waals surface area contributed by atoms with Crippen LogP contribution in [0.5, 0.6) is 0 Å². The first-order valence-corrected chi connectivity index (χ1v) is 5.65. The third-order valence-electron chi connectivity index (χ3n) is 2.02. The molecule has 0 bridgehead atoms. The Kier molecular flexibility index (Phi) is 4.44. The predicted octanol–water partition coefficient (Wildman–Crippen LogP) is 2.71. The molecule has 16 heavy (non-hydrogen) atoms. The number of rotatable bonds is 4. The molecule has 0 aliphatic heterocycles. The Labute approximate surface area is 102 Å². The van der Waals surface area contributed by atoms with E-state index < -0.39 is 17.8 Å². The van der Waals surface area contributed by atoms with E-state index in [4.69, 9.17) is 5.11 Å². The molecule has 0 aliphatic rings. The fraction of sp³-hybridized carbons (Fsp3) is 0.364. The van der Waals surface area contributed by atoms with Crippen molar-refractivity contribution in [2.75, 3.05) is 0 Å². The SMILES string of the molecule is CC(C)NC(C(=O)O)c1cc(F)ccc1Br. The summed E-state index contributed by atoms with van der Waals surface area (Å²) in [5, 5.41) is 12.0. The number of hydrogen-bond donors (Lipinski definition) is 2. The molecule has 0 aliphatic carbocycles. The first-order valence-electron chi connectivity index (χ1n) is 4.85. The molecular formula is C11H13BrFNO2. The maximum Gasteiger partial charge on any atom is 0.325 e. The van der Waals surface area contributed by atoms with E-state index in [0.29, 0.717) is 10.0 Å². The second kappa shape index (κ2) is 5.41. The molecule has 88 valence electrons. The normalized spacial score (nSPS) is 12.8. The van der Waals surface area contributed by atoms with Crippen molar-refractivity contribution in [1.29, 1.82) is 0 Å². The molecule has 1 atom stereocenters. The summed E-state index contributed by atoms with van der Waals surface area (Å²) < 4.78 is 13.6. The molecule has 0 heterocycles. The highest BCUT2D eigenvalue weighted by Gasteiger charge is 2.22. The van der Waals surface area contributed by atoms with E-state index in [1.54, 1.807) is 0 Å². The maximum absolute atomic E-state index is 13.1. The van der Waals surface area contributed by atoms with Crippen LogP contribution in [0.2, 0.25) is 0 Å². The smallest absolute Gasteiger partial charge is 0.325 e. The zero-order valence-corrected chi connectivity index (χ0v) is 10.6. The van der Waals surface area contributed by atoms with Crippen molar-refractivity contribution in [3.63, 3.8) is 0 Å². The summed E-state index contributed by atoms with van der Waals surface area (Å²) in [6.45, 7) is 3.67. The Bertz CT molecular complexity index is 396. The number of halogens is 2. The molecule has 0 spiro atoms. The number of nitrogens with one attached hydrogen (secondary N) is 1. The fourth-order valence-electron chi connectivity index (χ4n) is 1.36. The van der Waals surface area contributed by atoms with Crippen LogP contribution in [0.1, 0.15) is 25.5 Å². The molecule has 1 unspecified atom stereocenters. The molecule has 1 aromatic carbocycles. The Morgan fingerprint density at radius 3 is 2.62 bits per heavy atom. The quantitative estimate of drug-likeness (QED) is 0.896. The largest absolute Gasteiger partial charge is 0.480 e. The molecule has 0 aromatic heterocycles. The zero-order chi connectivity index (χ0) is 12.3. The second-order valence-corrected chi connectivity index (χ2v) is 4.61. The summed E-state index contributed by atoms with van der Waals surface area (Å²) in [5.74, 6) is -1.48. The van der Waals surface area contributed by atoms with Gasteiger partial charge in [0, 0.05) is 10.5 Å². The molecule has 3 nitrogen and oxygen atoms in total. The van der Waals surface area contributed by atoms with E-state index in [0.717, 1.165) is 0 Å². The molecule has 1 aromatic rings. The summed E-state index contributed by atoms with van der Waals surface area (Å²) in [6.07, 6.45) is 0. The van der Waals surface area contributed by atoms with Gasteiger partial charge in [0.2, 0.25) is 0 Å². The van der Waals surface area contributed by atoms with Crippen LogP contribution < -0.4 is 5.32 Å². The van der Waals surface area contributed by atoms with Crippen molar-refractivity contribution in [3.05, 3.63) is 34.1 Å². The molecule has 0 saturated carbocycles. The van der Waals surface area contributed by atoms with Crippen molar-refractivity contribution in [1.82, 2.24) is 5.32 Å². The van der Waals surface area contributed by atoms with Crippen molar-refractivity contribution in [3.8, 4) is 0 Å². The van der Waals surface area contributed by atoms with Gasteiger partial charge in [-0.25, -0.2) is 4.39 Å². The van der Waals surface area contributed by atoms with Gasteiger partial charge in [0.1, 0.15) is 11.9 Å². The average Bonchev–Trinajstić information content (AvgIpc) is 2.18. The third kappa shape index (κ3) is 3.28. The summed E-state index contributed by atoms with van der Waals surface area (Å²) in [6, 6.07) is 3.09. The van der Waals surface area contributed by atoms with Gasteiger partial charge >= 0.3 is 5.97 Å². The fourth-order valence-corrected chi connectivity index (χ4v) is 1.84. The van der Waals surface area contributed by atoms with Crippen LogP contribution in [0.3, 0.4) is 0 Å². The van der Waals surface area contributed by atoms with E-state index >= 15 is 0 Å². The van der Waals surface area contributed by atoms with Crippen LogP contribution in [0.25, 0.3) is 0 Å². The first kappa shape index (κ1) is 13.1. The van der Waals surface area contributed by atoms with Crippen LogP contribution in [0, 0.1) is 5.82 Å². The minimum Gasteiger partial charge on any atom is -0.480 e. The molecule has 0 radical (unpaired) electrons. The summed E-state index contributed by atoms with van der Waals surface area (Å²) in [7, 11) is 0. The van der Waals surface area contributed by atoms with E-state index in [1.807, 2.05) is 13.8 Å². The van der Waals surface area contributed by atoms with Crippen molar-refractivity contribution in [2.24, 2.45) is 0 Å². The highest BCUT2D eigenvalue weighted by Crippen LogP contribution is 2.25. The van der Waals surface area contributed by atoms with Crippen LogP contribution in [-0.2, 0) is 4.79 Å². The number of carbonyl (C=O) groups is 1. The van der Waals surface area contributed by atoms with Gasteiger partial charge in [-0.3, -0.25) is 10.1 Å². The van der Waals surface area contributed by atoms with Crippen LogP contribution in [0.15, 0.2) is 22.7 Å². The minimum atomic E-state index is -1.03. The number of hydrogen-bond acceptors (Lipinski definition) is 2. The number of benzene rings is 1. The molecule has 5 heteroatoms. The summed E-state index contributed by atoms with van der Waals surface area (Å²) in [4.78, 5) is 11.1. The molecule has 0 saturated heterocycles. The number of carboxylic acid groups (broad SMARTS) is 1. The van der Waals surface area contributed by atoms with Gasteiger partial charge in [0.25, 0.3) is 0 Å². The highest BCUT2D eigenvalue weighted by molar-refractivity contribution is 9.10. The van der Waals surface area contributed by atoms with Gasteiger partial charge in [-0.2, -0.15) is 0 Å². The lowest BCUT2D eigenvalue weighted by molar-refractivity contribution is -0.139. The molecule has 1 rings (SSSR count). The number of aliphatic carboxylic acids is 1. The average molecular weight is 290 g/mol. The molecule has 0 amide bonds.